The lowest BCUT2D eigenvalue weighted by atomic mass is 10.1. The van der Waals surface area contributed by atoms with Crippen molar-refractivity contribution in [1.29, 1.82) is 0 Å². The maximum absolute atomic E-state index is 12.5. The molecule has 0 saturated carbocycles. The molecule has 0 spiro atoms. The summed E-state index contributed by atoms with van der Waals surface area (Å²) in [6.07, 6.45) is 0.376. The minimum absolute atomic E-state index is 0.0111. The van der Waals surface area contributed by atoms with E-state index in [1.807, 2.05) is 13.8 Å². The highest BCUT2D eigenvalue weighted by Crippen LogP contribution is 2.17. The van der Waals surface area contributed by atoms with Gasteiger partial charge in [0.25, 0.3) is 5.91 Å². The first-order valence-electron chi connectivity index (χ1n) is 8.76. The largest absolute Gasteiger partial charge is 0.336 e. The molecule has 7 heteroatoms. The third-order valence-corrected chi connectivity index (χ3v) is 3.53. The van der Waals surface area contributed by atoms with Crippen molar-refractivity contribution in [2.45, 2.75) is 33.2 Å². The highest BCUT2D eigenvalue weighted by molar-refractivity contribution is 6.05. The number of benzene rings is 2. The Morgan fingerprint density at radius 3 is 2.07 bits per heavy atom. The van der Waals surface area contributed by atoms with E-state index in [1.54, 1.807) is 55.5 Å². The summed E-state index contributed by atoms with van der Waals surface area (Å²) in [5, 5.41) is 10.9. The Morgan fingerprint density at radius 1 is 0.852 bits per heavy atom. The molecular weight excluding hydrogens is 344 g/mol. The van der Waals surface area contributed by atoms with Gasteiger partial charge in [-0.05, 0) is 50.2 Å². The zero-order chi connectivity index (χ0) is 19.8. The van der Waals surface area contributed by atoms with Crippen molar-refractivity contribution in [3.8, 4) is 0 Å². The normalized spacial score (nSPS) is 10.2. The Bertz CT molecular complexity index is 833. The van der Waals surface area contributed by atoms with Crippen LogP contribution in [0, 0.1) is 0 Å². The molecule has 0 fully saturated rings. The van der Waals surface area contributed by atoms with Crippen LogP contribution in [0.2, 0.25) is 0 Å². The van der Waals surface area contributed by atoms with Gasteiger partial charge in [0.1, 0.15) is 0 Å². The van der Waals surface area contributed by atoms with Gasteiger partial charge < -0.3 is 21.3 Å². The number of hydrogen-bond donors (Lipinski definition) is 4. The predicted octanol–water partition coefficient (Wildman–Crippen LogP) is 3.82. The summed E-state index contributed by atoms with van der Waals surface area (Å²) in [5.74, 6) is -0.418. The summed E-state index contributed by atoms with van der Waals surface area (Å²) in [6.45, 7) is 5.49. The molecule has 27 heavy (non-hydrogen) atoms. The number of carbonyl (C=O) groups excluding carboxylic acids is 3. The predicted molar refractivity (Wildman–Crippen MR) is 107 cm³/mol. The van der Waals surface area contributed by atoms with Crippen molar-refractivity contribution in [3.63, 3.8) is 0 Å². The summed E-state index contributed by atoms with van der Waals surface area (Å²) in [4.78, 5) is 35.8. The van der Waals surface area contributed by atoms with Crippen LogP contribution in [0.3, 0.4) is 0 Å². The topological polar surface area (TPSA) is 99.3 Å². The van der Waals surface area contributed by atoms with Gasteiger partial charge in [0.15, 0.2) is 0 Å². The highest BCUT2D eigenvalue weighted by Gasteiger charge is 2.09. The SMILES string of the molecule is CCC(=O)Nc1cccc(NC(=O)c2cccc(NC(=O)NC(C)C)c2)c1. The van der Waals surface area contributed by atoms with Crippen LogP contribution in [0.25, 0.3) is 0 Å². The fourth-order valence-electron chi connectivity index (χ4n) is 2.29. The van der Waals surface area contributed by atoms with E-state index in [-0.39, 0.29) is 23.9 Å². The molecule has 0 heterocycles. The van der Waals surface area contributed by atoms with Gasteiger partial charge in [-0.1, -0.05) is 19.1 Å². The lowest BCUT2D eigenvalue weighted by molar-refractivity contribution is -0.115. The van der Waals surface area contributed by atoms with Crippen molar-refractivity contribution >= 4 is 34.9 Å². The fourth-order valence-corrected chi connectivity index (χ4v) is 2.29. The molecule has 4 N–H and O–H groups in total. The molecule has 7 nitrogen and oxygen atoms in total. The lowest BCUT2D eigenvalue weighted by Crippen LogP contribution is -2.34. The van der Waals surface area contributed by atoms with Gasteiger partial charge in [0, 0.05) is 35.1 Å². The first kappa shape index (κ1) is 20.0. The highest BCUT2D eigenvalue weighted by atomic mass is 16.2. The molecule has 2 aromatic carbocycles. The number of urea groups is 1. The van der Waals surface area contributed by atoms with Gasteiger partial charge in [-0.15, -0.1) is 0 Å². The standard InChI is InChI=1S/C20H24N4O3/c1-4-18(25)22-16-9-6-10-17(12-16)23-19(26)14-7-5-8-15(11-14)24-20(27)21-13(2)3/h5-13H,4H2,1-3H3,(H,22,25)(H,23,26)(H2,21,24,27). The Morgan fingerprint density at radius 2 is 1.44 bits per heavy atom. The average molecular weight is 368 g/mol. The van der Waals surface area contributed by atoms with Gasteiger partial charge in [-0.3, -0.25) is 9.59 Å². The second-order valence-electron chi connectivity index (χ2n) is 6.27. The molecule has 0 atom stereocenters. The minimum atomic E-state index is -0.332. The molecule has 4 amide bonds. The molecule has 0 saturated heterocycles. The molecule has 0 aliphatic carbocycles. The van der Waals surface area contributed by atoms with E-state index in [4.69, 9.17) is 0 Å². The Kier molecular flexibility index (Phi) is 6.93. The maximum atomic E-state index is 12.5. The summed E-state index contributed by atoms with van der Waals surface area (Å²) < 4.78 is 0. The molecule has 2 rings (SSSR count). The molecule has 0 aliphatic rings. The molecule has 0 bridgehead atoms. The summed E-state index contributed by atoms with van der Waals surface area (Å²) in [7, 11) is 0. The molecule has 0 radical (unpaired) electrons. The van der Waals surface area contributed by atoms with E-state index < -0.39 is 0 Å². The monoisotopic (exact) mass is 368 g/mol. The minimum Gasteiger partial charge on any atom is -0.336 e. The Labute approximate surface area is 158 Å². The zero-order valence-corrected chi connectivity index (χ0v) is 15.6. The summed E-state index contributed by atoms with van der Waals surface area (Å²) in [5.41, 5.74) is 2.09. The van der Waals surface area contributed by atoms with E-state index >= 15 is 0 Å². The fraction of sp³-hybridized carbons (Fsp3) is 0.250. The number of carbonyl (C=O) groups is 3. The van der Waals surface area contributed by atoms with Gasteiger partial charge >= 0.3 is 6.03 Å². The van der Waals surface area contributed by atoms with Crippen LogP contribution >= 0.6 is 0 Å². The number of anilines is 3. The van der Waals surface area contributed by atoms with E-state index in [9.17, 15) is 14.4 Å². The second-order valence-corrected chi connectivity index (χ2v) is 6.27. The first-order valence-corrected chi connectivity index (χ1v) is 8.76. The van der Waals surface area contributed by atoms with Gasteiger partial charge in [0.2, 0.25) is 5.91 Å². The van der Waals surface area contributed by atoms with Gasteiger partial charge in [0.05, 0.1) is 0 Å². The van der Waals surface area contributed by atoms with Crippen molar-refractivity contribution in [2.75, 3.05) is 16.0 Å². The third-order valence-electron chi connectivity index (χ3n) is 3.53. The van der Waals surface area contributed by atoms with Crippen LogP contribution in [0.5, 0.6) is 0 Å². The molecule has 2 aromatic rings. The van der Waals surface area contributed by atoms with Crippen LogP contribution in [-0.2, 0) is 4.79 Å². The maximum Gasteiger partial charge on any atom is 0.319 e. The quantitative estimate of drug-likeness (QED) is 0.624. The molecule has 0 aromatic heterocycles. The van der Waals surface area contributed by atoms with Crippen molar-refractivity contribution < 1.29 is 14.4 Å². The van der Waals surface area contributed by atoms with Crippen LogP contribution in [-0.4, -0.2) is 23.9 Å². The van der Waals surface area contributed by atoms with E-state index in [2.05, 4.69) is 21.3 Å². The second kappa shape index (κ2) is 9.38. The molecule has 0 aliphatic heterocycles. The van der Waals surface area contributed by atoms with Crippen molar-refractivity contribution in [3.05, 3.63) is 54.1 Å². The van der Waals surface area contributed by atoms with E-state index in [0.717, 1.165) is 0 Å². The van der Waals surface area contributed by atoms with Crippen LogP contribution in [0.4, 0.5) is 21.9 Å². The number of hydrogen-bond acceptors (Lipinski definition) is 3. The number of rotatable bonds is 6. The Hall–Kier alpha value is -3.35. The number of amides is 4. The zero-order valence-electron chi connectivity index (χ0n) is 15.6. The van der Waals surface area contributed by atoms with Crippen LogP contribution in [0.15, 0.2) is 48.5 Å². The van der Waals surface area contributed by atoms with Gasteiger partial charge in [-0.25, -0.2) is 4.79 Å². The Balaban J connectivity index is 2.06. The average Bonchev–Trinajstić information content (AvgIpc) is 2.61. The van der Waals surface area contributed by atoms with Crippen molar-refractivity contribution in [2.24, 2.45) is 0 Å². The van der Waals surface area contributed by atoms with E-state index in [0.29, 0.717) is 29.0 Å². The van der Waals surface area contributed by atoms with Crippen molar-refractivity contribution in [1.82, 2.24) is 5.32 Å². The first-order chi connectivity index (χ1) is 12.9. The molecule has 142 valence electrons. The van der Waals surface area contributed by atoms with Gasteiger partial charge in [-0.2, -0.15) is 0 Å². The summed E-state index contributed by atoms with van der Waals surface area (Å²) in [6, 6.07) is 13.2. The smallest absolute Gasteiger partial charge is 0.319 e. The lowest BCUT2D eigenvalue weighted by Gasteiger charge is -2.11. The molecule has 0 unspecified atom stereocenters. The van der Waals surface area contributed by atoms with E-state index in [1.165, 1.54) is 0 Å². The van der Waals surface area contributed by atoms with Crippen LogP contribution in [0.1, 0.15) is 37.6 Å². The van der Waals surface area contributed by atoms with Crippen LogP contribution < -0.4 is 21.3 Å². The third kappa shape index (κ3) is 6.47. The molecular formula is C20H24N4O3. The number of nitrogens with one attached hydrogen (secondary N) is 4. The summed E-state index contributed by atoms with van der Waals surface area (Å²) >= 11 is 0.